The van der Waals surface area contributed by atoms with Crippen LogP contribution in [0.1, 0.15) is 5.01 Å². The lowest BCUT2D eigenvalue weighted by Crippen LogP contribution is -2.35. The van der Waals surface area contributed by atoms with Crippen LogP contribution in [-0.2, 0) is 13.1 Å². The molecule has 0 aliphatic carbocycles. The first-order chi connectivity index (χ1) is 8.42. The lowest BCUT2D eigenvalue weighted by Gasteiger charge is -2.24. The second kappa shape index (κ2) is 4.85. The molecule has 0 bridgehead atoms. The van der Waals surface area contributed by atoms with Gasteiger partial charge in [-0.25, -0.2) is 9.67 Å². The highest BCUT2D eigenvalue weighted by molar-refractivity contribution is 7.09. The quantitative estimate of drug-likeness (QED) is 0.854. The SMILES string of the molecule is c1csc(CNC[C@H]2CNc3ccnn3C2)n1. The largest absolute Gasteiger partial charge is 0.370 e. The minimum absolute atomic E-state index is 0.586. The Hall–Kier alpha value is -1.40. The molecule has 0 radical (unpaired) electrons. The van der Waals surface area contributed by atoms with Gasteiger partial charge in [-0.15, -0.1) is 11.3 Å². The van der Waals surface area contributed by atoms with Crippen molar-refractivity contribution in [2.24, 2.45) is 5.92 Å². The molecule has 17 heavy (non-hydrogen) atoms. The minimum Gasteiger partial charge on any atom is -0.370 e. The van der Waals surface area contributed by atoms with Crippen LogP contribution < -0.4 is 10.6 Å². The number of rotatable bonds is 4. The third kappa shape index (κ3) is 2.48. The van der Waals surface area contributed by atoms with Gasteiger partial charge in [-0.1, -0.05) is 0 Å². The summed E-state index contributed by atoms with van der Waals surface area (Å²) in [6, 6.07) is 2.01. The Kier molecular flexibility index (Phi) is 3.06. The summed E-state index contributed by atoms with van der Waals surface area (Å²) in [7, 11) is 0. The van der Waals surface area contributed by atoms with E-state index in [1.807, 2.05) is 28.5 Å². The number of hydrogen-bond acceptors (Lipinski definition) is 5. The third-order valence-corrected chi connectivity index (χ3v) is 3.69. The molecule has 1 aliphatic rings. The molecule has 2 aromatic heterocycles. The van der Waals surface area contributed by atoms with E-state index in [0.29, 0.717) is 5.92 Å². The van der Waals surface area contributed by atoms with Crippen LogP contribution in [0.3, 0.4) is 0 Å². The summed E-state index contributed by atoms with van der Waals surface area (Å²) in [5, 5.41) is 14.3. The Morgan fingerprint density at radius 2 is 2.53 bits per heavy atom. The fraction of sp³-hybridized carbons (Fsp3) is 0.455. The van der Waals surface area contributed by atoms with Crippen molar-refractivity contribution >= 4 is 17.2 Å². The number of fused-ring (bicyclic) bond motifs is 1. The van der Waals surface area contributed by atoms with Crippen molar-refractivity contribution in [1.29, 1.82) is 0 Å². The zero-order chi connectivity index (χ0) is 11.5. The van der Waals surface area contributed by atoms with Gasteiger partial charge in [-0.2, -0.15) is 5.10 Å². The second-order valence-electron chi connectivity index (χ2n) is 4.20. The lowest BCUT2D eigenvalue weighted by molar-refractivity contribution is 0.391. The fourth-order valence-electron chi connectivity index (χ4n) is 2.05. The smallest absolute Gasteiger partial charge is 0.124 e. The predicted molar refractivity (Wildman–Crippen MR) is 68.0 cm³/mol. The minimum atomic E-state index is 0.586. The molecular formula is C11H15N5S. The van der Waals surface area contributed by atoms with Crippen LogP contribution in [0.25, 0.3) is 0 Å². The van der Waals surface area contributed by atoms with Gasteiger partial charge in [-0.3, -0.25) is 0 Å². The molecule has 5 nitrogen and oxygen atoms in total. The maximum atomic E-state index is 4.28. The molecule has 0 amide bonds. The van der Waals surface area contributed by atoms with Gasteiger partial charge >= 0.3 is 0 Å². The number of anilines is 1. The zero-order valence-electron chi connectivity index (χ0n) is 9.47. The zero-order valence-corrected chi connectivity index (χ0v) is 10.3. The second-order valence-corrected chi connectivity index (χ2v) is 5.18. The average molecular weight is 249 g/mol. The van der Waals surface area contributed by atoms with E-state index in [4.69, 9.17) is 0 Å². The van der Waals surface area contributed by atoms with E-state index < -0.39 is 0 Å². The molecule has 0 saturated carbocycles. The van der Waals surface area contributed by atoms with Gasteiger partial charge in [-0.05, 0) is 0 Å². The van der Waals surface area contributed by atoms with Crippen LogP contribution in [-0.4, -0.2) is 27.9 Å². The summed E-state index contributed by atoms with van der Waals surface area (Å²) in [5.74, 6) is 1.71. The first kappa shape index (κ1) is 10.7. The Morgan fingerprint density at radius 1 is 1.53 bits per heavy atom. The highest BCUT2D eigenvalue weighted by Crippen LogP contribution is 2.15. The first-order valence-electron chi connectivity index (χ1n) is 5.76. The van der Waals surface area contributed by atoms with E-state index >= 15 is 0 Å². The molecule has 3 rings (SSSR count). The maximum absolute atomic E-state index is 4.28. The van der Waals surface area contributed by atoms with Crippen LogP contribution in [0, 0.1) is 5.92 Å². The van der Waals surface area contributed by atoms with E-state index in [1.54, 1.807) is 11.3 Å². The Bertz CT molecular complexity index is 464. The van der Waals surface area contributed by atoms with Crippen molar-refractivity contribution in [2.75, 3.05) is 18.4 Å². The highest BCUT2D eigenvalue weighted by Gasteiger charge is 2.17. The van der Waals surface area contributed by atoms with Gasteiger partial charge in [0.2, 0.25) is 0 Å². The Balaban J connectivity index is 1.48. The third-order valence-electron chi connectivity index (χ3n) is 2.91. The summed E-state index contributed by atoms with van der Waals surface area (Å²) in [4.78, 5) is 4.25. The van der Waals surface area contributed by atoms with E-state index in [9.17, 15) is 0 Å². The fourth-order valence-corrected chi connectivity index (χ4v) is 2.63. The van der Waals surface area contributed by atoms with Gasteiger partial charge < -0.3 is 10.6 Å². The van der Waals surface area contributed by atoms with Crippen LogP contribution in [0.15, 0.2) is 23.8 Å². The summed E-state index contributed by atoms with van der Waals surface area (Å²) >= 11 is 1.69. The van der Waals surface area contributed by atoms with Crippen molar-refractivity contribution in [1.82, 2.24) is 20.1 Å². The number of aromatic nitrogens is 3. The molecule has 0 aromatic carbocycles. The van der Waals surface area contributed by atoms with Crippen molar-refractivity contribution in [3.05, 3.63) is 28.8 Å². The predicted octanol–water partition coefficient (Wildman–Crippen LogP) is 1.17. The summed E-state index contributed by atoms with van der Waals surface area (Å²) in [6.07, 6.45) is 3.69. The van der Waals surface area contributed by atoms with E-state index in [-0.39, 0.29) is 0 Å². The van der Waals surface area contributed by atoms with Crippen LogP contribution in [0.5, 0.6) is 0 Å². The molecule has 1 atom stereocenters. The summed E-state index contributed by atoms with van der Waals surface area (Å²) < 4.78 is 2.03. The molecule has 0 saturated heterocycles. The molecule has 0 fully saturated rings. The highest BCUT2D eigenvalue weighted by atomic mass is 32.1. The molecular weight excluding hydrogens is 234 g/mol. The van der Waals surface area contributed by atoms with Gasteiger partial charge in [0.25, 0.3) is 0 Å². The molecule has 3 heterocycles. The first-order valence-corrected chi connectivity index (χ1v) is 6.64. The number of thiazole rings is 1. The van der Waals surface area contributed by atoms with Gasteiger partial charge in [0.1, 0.15) is 10.8 Å². The Morgan fingerprint density at radius 3 is 3.41 bits per heavy atom. The molecule has 6 heteroatoms. The molecule has 2 aromatic rings. The monoisotopic (exact) mass is 249 g/mol. The number of hydrogen-bond donors (Lipinski definition) is 2. The maximum Gasteiger partial charge on any atom is 0.124 e. The van der Waals surface area contributed by atoms with Gasteiger partial charge in [0, 0.05) is 49.7 Å². The van der Waals surface area contributed by atoms with Gasteiger partial charge in [0.15, 0.2) is 0 Å². The molecule has 2 N–H and O–H groups in total. The van der Waals surface area contributed by atoms with Crippen LogP contribution in [0.4, 0.5) is 5.82 Å². The molecule has 0 unspecified atom stereocenters. The van der Waals surface area contributed by atoms with Crippen LogP contribution in [0.2, 0.25) is 0 Å². The molecule has 90 valence electrons. The summed E-state index contributed by atoms with van der Waals surface area (Å²) in [5.41, 5.74) is 0. The number of nitrogens with one attached hydrogen (secondary N) is 2. The van der Waals surface area contributed by atoms with Crippen molar-refractivity contribution in [3.63, 3.8) is 0 Å². The lowest BCUT2D eigenvalue weighted by atomic mass is 10.1. The van der Waals surface area contributed by atoms with E-state index in [1.165, 1.54) is 0 Å². The molecule has 0 spiro atoms. The van der Waals surface area contributed by atoms with Crippen molar-refractivity contribution < 1.29 is 0 Å². The number of nitrogens with zero attached hydrogens (tertiary/aromatic N) is 3. The summed E-state index contributed by atoms with van der Waals surface area (Å²) in [6.45, 7) is 3.85. The average Bonchev–Trinajstić information content (AvgIpc) is 2.98. The Labute approximate surface area is 104 Å². The van der Waals surface area contributed by atoms with E-state index in [0.717, 1.165) is 37.0 Å². The van der Waals surface area contributed by atoms with Crippen molar-refractivity contribution in [3.8, 4) is 0 Å². The van der Waals surface area contributed by atoms with E-state index in [2.05, 4.69) is 20.7 Å². The topological polar surface area (TPSA) is 54.8 Å². The normalized spacial score (nSPS) is 18.7. The standard InChI is InChI=1S/C11H15N5S/c1-2-15-16-8-9(6-14-10(1)16)5-12-7-11-13-3-4-17-11/h1-4,9,12,14H,5-8H2/t9-/m0/s1. The molecule has 1 aliphatic heterocycles. The van der Waals surface area contributed by atoms with Crippen molar-refractivity contribution in [2.45, 2.75) is 13.1 Å². The van der Waals surface area contributed by atoms with Crippen LogP contribution >= 0.6 is 11.3 Å². The van der Waals surface area contributed by atoms with Gasteiger partial charge in [0.05, 0.1) is 6.20 Å².